The fourth-order valence-electron chi connectivity index (χ4n) is 1.65. The van der Waals surface area contributed by atoms with Gasteiger partial charge in [-0.2, -0.15) is 11.3 Å². The zero-order valence-electron chi connectivity index (χ0n) is 10.1. The van der Waals surface area contributed by atoms with Crippen LogP contribution >= 0.6 is 11.3 Å². The normalized spacial score (nSPS) is 11.1. The van der Waals surface area contributed by atoms with E-state index in [0.29, 0.717) is 5.92 Å². The average molecular weight is 232 g/mol. The van der Waals surface area contributed by atoms with Gasteiger partial charge in [0, 0.05) is 16.6 Å². The van der Waals surface area contributed by atoms with Gasteiger partial charge in [-0.15, -0.1) is 0 Å². The molecule has 16 heavy (non-hydrogen) atoms. The number of aryl methyl sites for hydroxylation is 2. The molecule has 0 aliphatic carbocycles. The van der Waals surface area contributed by atoms with Crippen LogP contribution in [0.3, 0.4) is 0 Å². The summed E-state index contributed by atoms with van der Waals surface area (Å²) in [7, 11) is 0. The summed E-state index contributed by atoms with van der Waals surface area (Å²) in [6.45, 7) is 8.40. The van der Waals surface area contributed by atoms with Crippen LogP contribution < -0.4 is 0 Å². The lowest BCUT2D eigenvalue weighted by Crippen LogP contribution is -1.99. The first-order chi connectivity index (χ1) is 7.58. The first-order valence-corrected chi connectivity index (χ1v) is 6.41. The van der Waals surface area contributed by atoms with Crippen LogP contribution in [0.4, 0.5) is 0 Å². The fraction of sp³-hybridized carbons (Fsp3) is 0.385. The van der Waals surface area contributed by atoms with E-state index in [-0.39, 0.29) is 0 Å². The standard InChI is InChI=1S/C13H16N2S/c1-8(2)12-5-13(15-10(4)14-12)11-7-16-6-9(11)3/h5-8H,1-4H3. The molecule has 0 N–H and O–H groups in total. The van der Waals surface area contributed by atoms with Crippen LogP contribution in [0.25, 0.3) is 11.3 Å². The lowest BCUT2D eigenvalue weighted by atomic mass is 10.1. The molecule has 0 aromatic carbocycles. The van der Waals surface area contributed by atoms with E-state index in [1.807, 2.05) is 6.92 Å². The zero-order chi connectivity index (χ0) is 11.7. The van der Waals surface area contributed by atoms with Gasteiger partial charge in [0.15, 0.2) is 0 Å². The third kappa shape index (κ3) is 2.14. The van der Waals surface area contributed by atoms with E-state index in [9.17, 15) is 0 Å². The summed E-state index contributed by atoms with van der Waals surface area (Å²) < 4.78 is 0. The SMILES string of the molecule is Cc1nc(-c2cscc2C)cc(C(C)C)n1. The second-order valence-electron chi connectivity index (χ2n) is 4.35. The average Bonchev–Trinajstić information content (AvgIpc) is 2.63. The number of hydrogen-bond donors (Lipinski definition) is 0. The largest absolute Gasteiger partial charge is 0.238 e. The second-order valence-corrected chi connectivity index (χ2v) is 5.09. The molecule has 0 radical (unpaired) electrons. The first-order valence-electron chi connectivity index (χ1n) is 5.46. The van der Waals surface area contributed by atoms with Crippen molar-refractivity contribution in [1.82, 2.24) is 9.97 Å². The molecule has 0 aliphatic rings. The lowest BCUT2D eigenvalue weighted by molar-refractivity contribution is 0.803. The molecule has 0 spiro atoms. The van der Waals surface area contributed by atoms with E-state index in [1.165, 1.54) is 11.1 Å². The predicted molar refractivity (Wildman–Crippen MR) is 68.9 cm³/mol. The Labute approximate surface area is 100 Å². The van der Waals surface area contributed by atoms with Crippen LogP contribution in [0, 0.1) is 13.8 Å². The Morgan fingerprint density at radius 3 is 2.44 bits per heavy atom. The molecule has 0 bridgehead atoms. The van der Waals surface area contributed by atoms with E-state index in [0.717, 1.165) is 17.2 Å². The molecule has 2 rings (SSSR count). The highest BCUT2D eigenvalue weighted by atomic mass is 32.1. The minimum Gasteiger partial charge on any atom is -0.238 e. The minimum atomic E-state index is 0.444. The molecule has 0 saturated heterocycles. The van der Waals surface area contributed by atoms with Crippen molar-refractivity contribution in [2.45, 2.75) is 33.6 Å². The van der Waals surface area contributed by atoms with Crippen LogP contribution in [0.5, 0.6) is 0 Å². The van der Waals surface area contributed by atoms with Gasteiger partial charge in [-0.1, -0.05) is 13.8 Å². The summed E-state index contributed by atoms with van der Waals surface area (Å²) >= 11 is 1.72. The topological polar surface area (TPSA) is 25.8 Å². The Kier molecular flexibility index (Phi) is 3.06. The Bertz CT molecular complexity index is 500. The smallest absolute Gasteiger partial charge is 0.126 e. The monoisotopic (exact) mass is 232 g/mol. The van der Waals surface area contributed by atoms with Gasteiger partial charge in [0.05, 0.1) is 5.69 Å². The molecule has 0 aliphatic heterocycles. The minimum absolute atomic E-state index is 0.444. The molecule has 2 nitrogen and oxygen atoms in total. The molecule has 0 unspecified atom stereocenters. The maximum atomic E-state index is 4.52. The molecule has 0 amide bonds. The molecule has 2 aromatic rings. The van der Waals surface area contributed by atoms with E-state index >= 15 is 0 Å². The van der Waals surface area contributed by atoms with Gasteiger partial charge in [0.1, 0.15) is 5.82 Å². The van der Waals surface area contributed by atoms with Crippen LogP contribution in [0.1, 0.15) is 36.8 Å². The van der Waals surface area contributed by atoms with Gasteiger partial charge in [0.25, 0.3) is 0 Å². The van der Waals surface area contributed by atoms with Crippen molar-refractivity contribution in [2.24, 2.45) is 0 Å². The Morgan fingerprint density at radius 2 is 1.88 bits per heavy atom. The molecule has 84 valence electrons. The lowest BCUT2D eigenvalue weighted by Gasteiger charge is -2.08. The maximum Gasteiger partial charge on any atom is 0.126 e. The van der Waals surface area contributed by atoms with E-state index in [1.54, 1.807) is 11.3 Å². The van der Waals surface area contributed by atoms with Crippen LogP contribution in [-0.2, 0) is 0 Å². The van der Waals surface area contributed by atoms with Crippen molar-refractivity contribution >= 4 is 11.3 Å². The summed E-state index contributed by atoms with van der Waals surface area (Å²) in [6.07, 6.45) is 0. The van der Waals surface area contributed by atoms with Gasteiger partial charge < -0.3 is 0 Å². The number of rotatable bonds is 2. The van der Waals surface area contributed by atoms with E-state index < -0.39 is 0 Å². The third-order valence-corrected chi connectivity index (χ3v) is 3.44. The van der Waals surface area contributed by atoms with Crippen molar-refractivity contribution in [3.63, 3.8) is 0 Å². The molecule has 3 heteroatoms. The molecule has 2 aromatic heterocycles. The van der Waals surface area contributed by atoms with Gasteiger partial charge in [-0.3, -0.25) is 0 Å². The summed E-state index contributed by atoms with van der Waals surface area (Å²) in [6, 6.07) is 2.10. The number of hydrogen-bond acceptors (Lipinski definition) is 3. The fourth-order valence-corrected chi connectivity index (χ4v) is 2.49. The molecule has 0 atom stereocenters. The Balaban J connectivity index is 2.54. The van der Waals surface area contributed by atoms with Gasteiger partial charge in [-0.05, 0) is 36.8 Å². The highest BCUT2D eigenvalue weighted by molar-refractivity contribution is 7.08. The molecule has 0 fully saturated rings. The molecular weight excluding hydrogens is 216 g/mol. The molecule has 0 saturated carbocycles. The number of nitrogens with zero attached hydrogens (tertiary/aromatic N) is 2. The van der Waals surface area contributed by atoms with Crippen LogP contribution in [0.2, 0.25) is 0 Å². The Morgan fingerprint density at radius 1 is 1.12 bits per heavy atom. The first kappa shape index (κ1) is 11.3. The Hall–Kier alpha value is -1.22. The van der Waals surface area contributed by atoms with Crippen molar-refractivity contribution in [3.05, 3.63) is 33.9 Å². The molecule has 2 heterocycles. The van der Waals surface area contributed by atoms with Gasteiger partial charge in [-0.25, -0.2) is 9.97 Å². The summed E-state index contributed by atoms with van der Waals surface area (Å²) in [5.41, 5.74) is 4.69. The highest BCUT2D eigenvalue weighted by Gasteiger charge is 2.09. The number of thiophene rings is 1. The van der Waals surface area contributed by atoms with Crippen molar-refractivity contribution < 1.29 is 0 Å². The van der Waals surface area contributed by atoms with Crippen LogP contribution in [0.15, 0.2) is 16.8 Å². The number of aromatic nitrogens is 2. The summed E-state index contributed by atoms with van der Waals surface area (Å²) in [5, 5.41) is 4.31. The highest BCUT2D eigenvalue weighted by Crippen LogP contribution is 2.27. The van der Waals surface area contributed by atoms with Crippen molar-refractivity contribution in [2.75, 3.05) is 0 Å². The quantitative estimate of drug-likeness (QED) is 0.783. The van der Waals surface area contributed by atoms with Crippen LogP contribution in [-0.4, -0.2) is 9.97 Å². The predicted octanol–water partition coefficient (Wildman–Crippen LogP) is 3.95. The van der Waals surface area contributed by atoms with E-state index in [2.05, 4.69) is 47.6 Å². The molecular formula is C13H16N2S. The third-order valence-electron chi connectivity index (χ3n) is 2.58. The summed E-state index contributed by atoms with van der Waals surface area (Å²) in [5.74, 6) is 1.30. The van der Waals surface area contributed by atoms with E-state index in [4.69, 9.17) is 0 Å². The van der Waals surface area contributed by atoms with Gasteiger partial charge >= 0.3 is 0 Å². The second kappa shape index (κ2) is 4.34. The summed E-state index contributed by atoms with van der Waals surface area (Å²) in [4.78, 5) is 8.98. The zero-order valence-corrected chi connectivity index (χ0v) is 10.9. The van der Waals surface area contributed by atoms with Gasteiger partial charge in [0.2, 0.25) is 0 Å². The van der Waals surface area contributed by atoms with Crippen molar-refractivity contribution in [1.29, 1.82) is 0 Å². The maximum absolute atomic E-state index is 4.52. The van der Waals surface area contributed by atoms with Crippen molar-refractivity contribution in [3.8, 4) is 11.3 Å².